The van der Waals surface area contributed by atoms with Crippen molar-refractivity contribution in [1.29, 1.82) is 0 Å². The second-order valence-electron chi connectivity index (χ2n) is 4.63. The van der Waals surface area contributed by atoms with Crippen LogP contribution in [0, 0.1) is 13.8 Å². The van der Waals surface area contributed by atoms with E-state index in [1.54, 1.807) is 4.68 Å². The van der Waals surface area contributed by atoms with E-state index in [4.69, 9.17) is 0 Å². The van der Waals surface area contributed by atoms with Gasteiger partial charge in [-0.05, 0) is 25.5 Å². The molecule has 17 heavy (non-hydrogen) atoms. The van der Waals surface area contributed by atoms with E-state index in [2.05, 4.69) is 37.1 Å². The first-order valence-corrected chi connectivity index (χ1v) is 5.79. The topological polar surface area (TPSA) is 38.0 Å². The minimum atomic E-state index is -0.530. The van der Waals surface area contributed by atoms with Gasteiger partial charge in [0.1, 0.15) is 6.10 Å². The maximum atomic E-state index is 10.1. The van der Waals surface area contributed by atoms with Crippen LogP contribution >= 0.6 is 0 Å². The molecule has 0 aliphatic rings. The molecule has 2 aromatic rings. The lowest BCUT2D eigenvalue weighted by atomic mass is 10.0. The summed E-state index contributed by atoms with van der Waals surface area (Å²) in [6, 6.07) is 8.21. The van der Waals surface area contributed by atoms with Gasteiger partial charge in [0.25, 0.3) is 0 Å². The van der Waals surface area contributed by atoms with Gasteiger partial charge in [-0.1, -0.05) is 29.3 Å². The highest BCUT2D eigenvalue weighted by atomic mass is 16.3. The summed E-state index contributed by atoms with van der Waals surface area (Å²) < 4.78 is 1.71. The third kappa shape index (κ3) is 2.94. The van der Waals surface area contributed by atoms with Crippen LogP contribution in [0.5, 0.6) is 0 Å². The first kappa shape index (κ1) is 11.9. The zero-order valence-corrected chi connectivity index (χ0v) is 10.5. The molecule has 2 rings (SSSR count). The zero-order valence-electron chi connectivity index (χ0n) is 10.5. The molecule has 0 aliphatic carbocycles. The summed E-state index contributed by atoms with van der Waals surface area (Å²) in [7, 11) is 1.85. The molecule has 90 valence electrons. The van der Waals surface area contributed by atoms with Gasteiger partial charge in [0.15, 0.2) is 0 Å². The average molecular weight is 230 g/mol. The van der Waals surface area contributed by atoms with Crippen LogP contribution in [-0.2, 0) is 13.5 Å². The second-order valence-corrected chi connectivity index (χ2v) is 4.63. The van der Waals surface area contributed by atoms with E-state index < -0.39 is 6.10 Å². The second kappa shape index (κ2) is 4.72. The monoisotopic (exact) mass is 230 g/mol. The molecule has 0 saturated heterocycles. The lowest BCUT2D eigenvalue weighted by molar-refractivity contribution is 0.172. The van der Waals surface area contributed by atoms with E-state index in [9.17, 15) is 5.11 Å². The van der Waals surface area contributed by atoms with Gasteiger partial charge >= 0.3 is 0 Å². The predicted octanol–water partition coefficient (Wildman–Crippen LogP) is 2.31. The molecule has 3 nitrogen and oxygen atoms in total. The van der Waals surface area contributed by atoms with Crippen LogP contribution in [0.1, 0.15) is 28.5 Å². The van der Waals surface area contributed by atoms with Crippen molar-refractivity contribution in [3.8, 4) is 0 Å². The number of aryl methyl sites for hydroxylation is 3. The van der Waals surface area contributed by atoms with Crippen LogP contribution in [-0.4, -0.2) is 14.9 Å². The molecule has 0 saturated carbocycles. The number of nitrogens with zero attached hydrogens (tertiary/aromatic N) is 2. The number of rotatable bonds is 3. The normalized spacial score (nSPS) is 12.7. The van der Waals surface area contributed by atoms with Crippen molar-refractivity contribution in [2.75, 3.05) is 0 Å². The molecule has 1 N–H and O–H groups in total. The van der Waals surface area contributed by atoms with E-state index in [-0.39, 0.29) is 0 Å². The third-order valence-corrected chi connectivity index (χ3v) is 2.79. The fourth-order valence-electron chi connectivity index (χ4n) is 2.13. The summed E-state index contributed by atoms with van der Waals surface area (Å²) in [6.45, 7) is 4.15. The van der Waals surface area contributed by atoms with Crippen molar-refractivity contribution in [2.45, 2.75) is 26.4 Å². The van der Waals surface area contributed by atoms with Crippen LogP contribution in [0.15, 0.2) is 30.5 Å². The molecule has 1 unspecified atom stereocenters. The van der Waals surface area contributed by atoms with E-state index in [1.807, 2.05) is 19.3 Å². The van der Waals surface area contributed by atoms with Crippen molar-refractivity contribution in [3.63, 3.8) is 0 Å². The Kier molecular flexibility index (Phi) is 3.29. The highest BCUT2D eigenvalue weighted by Crippen LogP contribution is 2.18. The maximum absolute atomic E-state index is 10.1. The van der Waals surface area contributed by atoms with Gasteiger partial charge in [0, 0.05) is 19.7 Å². The van der Waals surface area contributed by atoms with Gasteiger partial charge in [-0.3, -0.25) is 4.68 Å². The van der Waals surface area contributed by atoms with Crippen molar-refractivity contribution < 1.29 is 5.11 Å². The van der Waals surface area contributed by atoms with E-state index in [0.717, 1.165) is 11.3 Å². The van der Waals surface area contributed by atoms with Crippen LogP contribution in [0.2, 0.25) is 0 Å². The number of hydrogen-bond acceptors (Lipinski definition) is 2. The van der Waals surface area contributed by atoms with E-state index in [1.165, 1.54) is 11.1 Å². The molecule has 0 aliphatic heterocycles. The van der Waals surface area contributed by atoms with Gasteiger partial charge in [-0.2, -0.15) is 5.10 Å². The Morgan fingerprint density at radius 2 is 1.88 bits per heavy atom. The fraction of sp³-hybridized carbons (Fsp3) is 0.357. The van der Waals surface area contributed by atoms with Crippen LogP contribution in [0.25, 0.3) is 0 Å². The summed E-state index contributed by atoms with van der Waals surface area (Å²) in [5.74, 6) is 0. The molecule has 0 radical (unpaired) electrons. The SMILES string of the molecule is Cc1cc(C)cc(CC(O)c2ccn(C)n2)c1. The van der Waals surface area contributed by atoms with Gasteiger partial charge in [0.2, 0.25) is 0 Å². The maximum Gasteiger partial charge on any atom is 0.102 e. The number of aromatic nitrogens is 2. The van der Waals surface area contributed by atoms with Crippen molar-refractivity contribution in [3.05, 3.63) is 52.8 Å². The lowest BCUT2D eigenvalue weighted by Crippen LogP contribution is -2.04. The van der Waals surface area contributed by atoms with Crippen molar-refractivity contribution >= 4 is 0 Å². The quantitative estimate of drug-likeness (QED) is 0.878. The molecular weight excluding hydrogens is 212 g/mol. The molecule has 1 heterocycles. The first-order valence-electron chi connectivity index (χ1n) is 5.79. The smallest absolute Gasteiger partial charge is 0.102 e. The van der Waals surface area contributed by atoms with E-state index >= 15 is 0 Å². The van der Waals surface area contributed by atoms with Crippen molar-refractivity contribution in [2.24, 2.45) is 7.05 Å². The highest BCUT2D eigenvalue weighted by Gasteiger charge is 2.11. The largest absolute Gasteiger partial charge is 0.386 e. The summed E-state index contributed by atoms with van der Waals surface area (Å²) in [6.07, 6.45) is 1.93. The Bertz CT molecular complexity index is 496. The molecule has 0 bridgehead atoms. The summed E-state index contributed by atoms with van der Waals surface area (Å²) >= 11 is 0. The highest BCUT2D eigenvalue weighted by molar-refractivity contribution is 5.29. The molecule has 0 fully saturated rings. The van der Waals surface area contributed by atoms with Gasteiger partial charge in [0.05, 0.1) is 5.69 Å². The molecule has 1 atom stereocenters. The van der Waals surface area contributed by atoms with Gasteiger partial charge in [-0.25, -0.2) is 0 Å². The minimum absolute atomic E-state index is 0.530. The lowest BCUT2D eigenvalue weighted by Gasteiger charge is -2.09. The Hall–Kier alpha value is -1.61. The Morgan fingerprint density at radius 1 is 1.24 bits per heavy atom. The van der Waals surface area contributed by atoms with Crippen LogP contribution in [0.3, 0.4) is 0 Å². The number of benzene rings is 1. The van der Waals surface area contributed by atoms with E-state index in [0.29, 0.717) is 6.42 Å². The van der Waals surface area contributed by atoms with Crippen molar-refractivity contribution in [1.82, 2.24) is 9.78 Å². The number of hydrogen-bond donors (Lipinski definition) is 1. The summed E-state index contributed by atoms with van der Waals surface area (Å²) in [5, 5.41) is 14.3. The molecule has 1 aromatic heterocycles. The first-order chi connectivity index (χ1) is 8.04. The van der Waals surface area contributed by atoms with Crippen LogP contribution < -0.4 is 0 Å². The predicted molar refractivity (Wildman–Crippen MR) is 67.8 cm³/mol. The Labute approximate surface area is 102 Å². The standard InChI is InChI=1S/C14H18N2O/c1-10-6-11(2)8-12(7-10)9-14(17)13-4-5-16(3)15-13/h4-8,14,17H,9H2,1-3H3. The Balaban J connectivity index is 2.15. The summed E-state index contributed by atoms with van der Waals surface area (Å²) in [5.41, 5.74) is 4.34. The average Bonchev–Trinajstić information content (AvgIpc) is 2.63. The molecular formula is C14H18N2O. The molecule has 1 aromatic carbocycles. The van der Waals surface area contributed by atoms with Crippen LogP contribution in [0.4, 0.5) is 0 Å². The minimum Gasteiger partial charge on any atom is -0.386 e. The Morgan fingerprint density at radius 3 is 2.41 bits per heavy atom. The number of aliphatic hydroxyl groups excluding tert-OH is 1. The molecule has 0 amide bonds. The molecule has 3 heteroatoms. The molecule has 0 spiro atoms. The van der Waals surface area contributed by atoms with Gasteiger partial charge in [-0.15, -0.1) is 0 Å². The number of aliphatic hydroxyl groups is 1. The summed E-state index contributed by atoms with van der Waals surface area (Å²) in [4.78, 5) is 0. The zero-order chi connectivity index (χ0) is 12.4. The fourth-order valence-corrected chi connectivity index (χ4v) is 2.13. The van der Waals surface area contributed by atoms with Gasteiger partial charge < -0.3 is 5.11 Å². The third-order valence-electron chi connectivity index (χ3n) is 2.79.